The lowest BCUT2D eigenvalue weighted by molar-refractivity contribution is 0.0954. The van der Waals surface area contributed by atoms with E-state index < -0.39 is 0 Å². The summed E-state index contributed by atoms with van der Waals surface area (Å²) < 4.78 is 0. The van der Waals surface area contributed by atoms with Crippen LogP contribution in [0.3, 0.4) is 0 Å². The third kappa shape index (κ3) is 1.83. The lowest BCUT2D eigenvalue weighted by Crippen LogP contribution is -2.30. The van der Waals surface area contributed by atoms with Gasteiger partial charge in [0.25, 0.3) is 0 Å². The molecule has 1 atom stereocenters. The molecule has 0 spiro atoms. The van der Waals surface area contributed by atoms with Crippen molar-refractivity contribution in [3.05, 3.63) is 42.2 Å². The third-order valence-electron chi connectivity index (χ3n) is 3.33. The highest BCUT2D eigenvalue weighted by Crippen LogP contribution is 2.21. The first-order valence-corrected chi connectivity index (χ1v) is 5.96. The van der Waals surface area contributed by atoms with Gasteiger partial charge in [0.2, 0.25) is 0 Å². The van der Waals surface area contributed by atoms with E-state index in [-0.39, 0.29) is 11.8 Å². The van der Waals surface area contributed by atoms with Crippen LogP contribution in [0.2, 0.25) is 0 Å². The van der Waals surface area contributed by atoms with Crippen molar-refractivity contribution >= 4 is 16.6 Å². The summed E-state index contributed by atoms with van der Waals surface area (Å²) in [4.78, 5) is 16.5. The predicted molar refractivity (Wildman–Crippen MR) is 67.1 cm³/mol. The van der Waals surface area contributed by atoms with Crippen LogP contribution in [0.1, 0.15) is 23.2 Å². The Kier molecular flexibility index (Phi) is 2.61. The Morgan fingerprint density at radius 2 is 2.29 bits per heavy atom. The number of pyridine rings is 1. The highest BCUT2D eigenvalue weighted by atomic mass is 16.1. The second-order valence-electron chi connectivity index (χ2n) is 4.42. The molecular weight excluding hydrogens is 212 g/mol. The Hall–Kier alpha value is -1.74. The average molecular weight is 226 g/mol. The normalized spacial score (nSPS) is 19.6. The fourth-order valence-electron chi connectivity index (χ4n) is 2.42. The molecule has 1 fully saturated rings. The topological polar surface area (TPSA) is 42.0 Å². The molecule has 17 heavy (non-hydrogen) atoms. The minimum absolute atomic E-state index is 0.0131. The Labute approximate surface area is 99.9 Å². The van der Waals surface area contributed by atoms with E-state index in [1.807, 2.05) is 24.3 Å². The minimum atomic E-state index is -0.0131. The molecule has 0 aliphatic carbocycles. The van der Waals surface area contributed by atoms with Crippen molar-refractivity contribution in [1.29, 1.82) is 0 Å². The van der Waals surface area contributed by atoms with E-state index in [9.17, 15) is 4.79 Å². The molecule has 2 heterocycles. The molecule has 1 aliphatic rings. The highest BCUT2D eigenvalue weighted by Gasteiger charge is 2.24. The van der Waals surface area contributed by atoms with Gasteiger partial charge in [0.1, 0.15) is 0 Å². The number of nitrogens with zero attached hydrogens (tertiary/aromatic N) is 1. The van der Waals surface area contributed by atoms with Crippen LogP contribution in [-0.2, 0) is 0 Å². The van der Waals surface area contributed by atoms with E-state index in [0.29, 0.717) is 0 Å². The molecule has 1 aromatic heterocycles. The summed E-state index contributed by atoms with van der Waals surface area (Å²) >= 11 is 0. The van der Waals surface area contributed by atoms with Crippen LogP contribution in [-0.4, -0.2) is 23.4 Å². The first-order chi connectivity index (χ1) is 8.36. The van der Waals surface area contributed by atoms with Crippen LogP contribution in [0, 0.1) is 0 Å². The highest BCUT2D eigenvalue weighted by molar-refractivity contribution is 6.10. The monoisotopic (exact) mass is 226 g/mol. The zero-order chi connectivity index (χ0) is 11.7. The van der Waals surface area contributed by atoms with Gasteiger partial charge in [-0.05, 0) is 30.8 Å². The number of ketones is 1. The van der Waals surface area contributed by atoms with Crippen LogP contribution >= 0.6 is 0 Å². The van der Waals surface area contributed by atoms with Crippen LogP contribution in [0.5, 0.6) is 0 Å². The number of hydrogen-bond acceptors (Lipinski definition) is 3. The number of carbonyl (C=O) groups excluding carboxylic acids is 1. The zero-order valence-corrected chi connectivity index (χ0v) is 9.52. The maximum Gasteiger partial charge on any atom is 0.180 e. The molecule has 86 valence electrons. The molecule has 1 aromatic carbocycles. The predicted octanol–water partition coefficient (Wildman–Crippen LogP) is 2.17. The van der Waals surface area contributed by atoms with Crippen molar-refractivity contribution < 1.29 is 4.79 Å². The molecule has 1 unspecified atom stereocenters. The van der Waals surface area contributed by atoms with Crippen LogP contribution < -0.4 is 5.32 Å². The lowest BCUT2D eigenvalue weighted by Gasteiger charge is -2.10. The maximum absolute atomic E-state index is 12.4. The van der Waals surface area contributed by atoms with Gasteiger partial charge in [0, 0.05) is 23.3 Å². The van der Waals surface area contributed by atoms with Crippen molar-refractivity contribution in [3.63, 3.8) is 0 Å². The van der Waals surface area contributed by atoms with E-state index in [4.69, 9.17) is 0 Å². The Balaban J connectivity index is 2.07. The van der Waals surface area contributed by atoms with Crippen molar-refractivity contribution in [2.75, 3.05) is 6.54 Å². The van der Waals surface area contributed by atoms with E-state index in [0.717, 1.165) is 35.7 Å². The first-order valence-electron chi connectivity index (χ1n) is 5.96. The lowest BCUT2D eigenvalue weighted by atomic mass is 9.98. The van der Waals surface area contributed by atoms with Crippen molar-refractivity contribution in [1.82, 2.24) is 10.3 Å². The van der Waals surface area contributed by atoms with Gasteiger partial charge in [0.05, 0.1) is 6.04 Å². The van der Waals surface area contributed by atoms with Crippen LogP contribution in [0.25, 0.3) is 10.8 Å². The average Bonchev–Trinajstić information content (AvgIpc) is 2.91. The van der Waals surface area contributed by atoms with Gasteiger partial charge in [-0.2, -0.15) is 0 Å². The molecule has 3 heteroatoms. The van der Waals surface area contributed by atoms with Crippen molar-refractivity contribution in [2.45, 2.75) is 18.9 Å². The second-order valence-corrected chi connectivity index (χ2v) is 4.42. The zero-order valence-electron chi connectivity index (χ0n) is 9.52. The molecule has 2 aromatic rings. The number of hydrogen-bond donors (Lipinski definition) is 1. The SMILES string of the molecule is O=C(c1cccc2ccncc12)C1CCCN1. The fourth-order valence-corrected chi connectivity index (χ4v) is 2.42. The van der Waals surface area contributed by atoms with E-state index in [1.165, 1.54) is 0 Å². The molecule has 1 saturated heterocycles. The number of rotatable bonds is 2. The van der Waals surface area contributed by atoms with Gasteiger partial charge in [-0.25, -0.2) is 0 Å². The van der Waals surface area contributed by atoms with Crippen molar-refractivity contribution in [3.8, 4) is 0 Å². The van der Waals surface area contributed by atoms with Crippen LogP contribution in [0.4, 0.5) is 0 Å². The van der Waals surface area contributed by atoms with E-state index in [2.05, 4.69) is 10.3 Å². The quantitative estimate of drug-likeness (QED) is 0.798. The number of aromatic nitrogens is 1. The standard InChI is InChI=1S/C14H14N2O/c17-14(13-5-2-7-16-13)11-4-1-3-10-6-8-15-9-12(10)11/h1,3-4,6,8-9,13,16H,2,5,7H2. The van der Waals surface area contributed by atoms with Crippen LogP contribution in [0.15, 0.2) is 36.7 Å². The minimum Gasteiger partial charge on any atom is -0.307 e. The van der Waals surface area contributed by atoms with Crippen molar-refractivity contribution in [2.24, 2.45) is 0 Å². The Morgan fingerprint density at radius 1 is 1.35 bits per heavy atom. The summed E-state index contributed by atoms with van der Waals surface area (Å²) in [6.07, 6.45) is 5.55. The molecule has 3 rings (SSSR count). The third-order valence-corrected chi connectivity index (χ3v) is 3.33. The largest absolute Gasteiger partial charge is 0.307 e. The van der Waals surface area contributed by atoms with Gasteiger partial charge in [0.15, 0.2) is 5.78 Å². The summed E-state index contributed by atoms with van der Waals surface area (Å²) in [6, 6.07) is 7.77. The molecule has 0 bridgehead atoms. The van der Waals surface area contributed by atoms with Gasteiger partial charge < -0.3 is 5.32 Å². The first kappa shape index (κ1) is 10.4. The summed E-state index contributed by atoms with van der Waals surface area (Å²) in [6.45, 7) is 0.944. The number of carbonyl (C=O) groups is 1. The molecule has 1 N–H and O–H groups in total. The smallest absolute Gasteiger partial charge is 0.180 e. The maximum atomic E-state index is 12.4. The second kappa shape index (κ2) is 4.26. The summed E-state index contributed by atoms with van der Waals surface area (Å²) in [5.74, 6) is 0.195. The number of fused-ring (bicyclic) bond motifs is 1. The summed E-state index contributed by atoms with van der Waals surface area (Å²) in [5, 5.41) is 5.28. The van der Waals surface area contributed by atoms with Gasteiger partial charge in [-0.1, -0.05) is 18.2 Å². The van der Waals surface area contributed by atoms with E-state index in [1.54, 1.807) is 12.4 Å². The molecule has 0 radical (unpaired) electrons. The number of nitrogens with one attached hydrogen (secondary N) is 1. The molecule has 0 saturated carbocycles. The molecule has 0 amide bonds. The summed E-state index contributed by atoms with van der Waals surface area (Å²) in [5.41, 5.74) is 0.787. The van der Waals surface area contributed by atoms with E-state index >= 15 is 0 Å². The van der Waals surface area contributed by atoms with Gasteiger partial charge in [-0.15, -0.1) is 0 Å². The summed E-state index contributed by atoms with van der Waals surface area (Å²) in [7, 11) is 0. The molecular formula is C14H14N2O. The van der Waals surface area contributed by atoms with Gasteiger partial charge in [-0.3, -0.25) is 9.78 Å². The van der Waals surface area contributed by atoms with Gasteiger partial charge >= 0.3 is 0 Å². The fraction of sp³-hybridized carbons (Fsp3) is 0.286. The Morgan fingerprint density at radius 3 is 3.12 bits per heavy atom. The molecule has 1 aliphatic heterocycles. The Bertz CT molecular complexity index is 554. The number of benzene rings is 1. The number of Topliss-reactive ketones (excluding diaryl/α,β-unsaturated/α-hetero) is 1. The molecule has 3 nitrogen and oxygen atoms in total.